The fourth-order valence-electron chi connectivity index (χ4n) is 1.56. The average molecular weight is 271 g/mol. The van der Waals surface area contributed by atoms with Crippen molar-refractivity contribution in [2.75, 3.05) is 0 Å². The number of pyridine rings is 1. The molecule has 0 aromatic carbocycles. The predicted molar refractivity (Wildman–Crippen MR) is 56.8 cm³/mol. The third-order valence-electron chi connectivity index (χ3n) is 2.56. The van der Waals surface area contributed by atoms with E-state index in [0.717, 1.165) is 12.3 Å². The fourth-order valence-corrected chi connectivity index (χ4v) is 1.56. The highest BCUT2D eigenvalue weighted by Gasteiger charge is 2.37. The van der Waals surface area contributed by atoms with Gasteiger partial charge in [0.15, 0.2) is 0 Å². The van der Waals surface area contributed by atoms with E-state index in [9.17, 15) is 17.6 Å². The van der Waals surface area contributed by atoms with Crippen LogP contribution in [0.5, 0.6) is 0 Å². The van der Waals surface area contributed by atoms with Gasteiger partial charge in [-0.25, -0.2) is 4.98 Å². The Labute approximate surface area is 107 Å². The first-order valence-corrected chi connectivity index (χ1v) is 5.30. The topological polar surface area (TPSA) is 60.5 Å². The minimum absolute atomic E-state index is 0.262. The summed E-state index contributed by atoms with van der Waals surface area (Å²) in [5.74, 6) is -0.807. The normalized spacial score (nSPS) is 11.7. The molecule has 0 amide bonds. The van der Waals surface area contributed by atoms with Gasteiger partial charge in [-0.15, -0.1) is 0 Å². The van der Waals surface area contributed by atoms with Crippen molar-refractivity contribution in [2.45, 2.75) is 25.4 Å². The summed E-state index contributed by atoms with van der Waals surface area (Å²) < 4.78 is 49.4. The van der Waals surface area contributed by atoms with Crippen LogP contribution in [0, 0.1) is 34.0 Å². The molecule has 1 heterocycles. The summed E-state index contributed by atoms with van der Waals surface area (Å²) in [4.78, 5) is 3.29. The van der Waals surface area contributed by atoms with E-state index in [0.29, 0.717) is 0 Å². The van der Waals surface area contributed by atoms with Crippen molar-refractivity contribution < 1.29 is 17.6 Å². The van der Waals surface area contributed by atoms with E-state index >= 15 is 0 Å². The molecule has 0 atom stereocenters. The van der Waals surface area contributed by atoms with Gasteiger partial charge in [-0.1, -0.05) is 0 Å². The molecule has 0 spiro atoms. The van der Waals surface area contributed by atoms with E-state index in [4.69, 9.17) is 10.5 Å². The van der Waals surface area contributed by atoms with Gasteiger partial charge in [0.25, 0.3) is 0 Å². The van der Waals surface area contributed by atoms with Crippen LogP contribution in [-0.4, -0.2) is 11.2 Å². The zero-order chi connectivity index (χ0) is 14.5. The molecule has 3 nitrogen and oxygen atoms in total. The molecule has 0 N–H and O–H groups in total. The summed E-state index contributed by atoms with van der Waals surface area (Å²) in [7, 11) is 0. The maximum atomic E-state index is 12.9. The second-order valence-electron chi connectivity index (χ2n) is 4.08. The number of aromatic nitrogens is 1. The summed E-state index contributed by atoms with van der Waals surface area (Å²) in [5.41, 5.74) is -1.55. The third-order valence-corrected chi connectivity index (χ3v) is 2.56. The Bertz CT molecular complexity index is 511. The molecule has 7 heteroatoms. The third kappa shape index (κ3) is 4.55. The van der Waals surface area contributed by atoms with E-state index in [2.05, 4.69) is 4.98 Å². The minimum Gasteiger partial charge on any atom is -0.228 e. The lowest BCUT2D eigenvalue weighted by molar-refractivity contribution is -0.138. The predicted octanol–water partition coefficient (Wildman–Crippen LogP) is 3.14. The van der Waals surface area contributed by atoms with Crippen molar-refractivity contribution in [3.63, 3.8) is 0 Å². The molecule has 0 aliphatic heterocycles. The Hall–Kier alpha value is -2.15. The molecular weight excluding hydrogens is 262 g/mol. The number of nitriles is 2. The molecule has 0 radical (unpaired) electrons. The van der Waals surface area contributed by atoms with E-state index in [1.165, 1.54) is 6.07 Å². The Morgan fingerprint density at radius 2 is 1.79 bits per heavy atom. The maximum absolute atomic E-state index is 12.9. The van der Waals surface area contributed by atoms with Crippen LogP contribution in [0.25, 0.3) is 0 Å². The first-order valence-electron chi connectivity index (χ1n) is 5.30. The molecule has 100 valence electrons. The lowest BCUT2D eigenvalue weighted by Gasteiger charge is -2.19. The summed E-state index contributed by atoms with van der Waals surface area (Å²) in [6.45, 7) is 0. The van der Waals surface area contributed by atoms with Gasteiger partial charge in [-0.05, 0) is 24.1 Å². The minimum atomic E-state index is -4.44. The van der Waals surface area contributed by atoms with Crippen LogP contribution in [0.2, 0.25) is 0 Å². The van der Waals surface area contributed by atoms with Gasteiger partial charge in [0.2, 0.25) is 5.95 Å². The number of halogens is 4. The van der Waals surface area contributed by atoms with E-state index < -0.39 is 30.4 Å². The summed E-state index contributed by atoms with van der Waals surface area (Å²) in [6, 6.07) is 5.56. The van der Waals surface area contributed by atoms with Gasteiger partial charge >= 0.3 is 6.18 Å². The molecule has 0 bridgehead atoms. The Morgan fingerprint density at radius 3 is 2.26 bits per heavy atom. The second kappa shape index (κ2) is 5.66. The molecule has 0 fully saturated rings. The monoisotopic (exact) mass is 271 g/mol. The standard InChI is InChI=1S/C12H9F4N3/c13-10-5-9(1-4-19-10)6-11(7-17,8-18)2-3-12(14,15)16/h1,4-5H,2-3,6H2. The molecule has 1 rings (SSSR count). The van der Waals surface area contributed by atoms with Crippen LogP contribution < -0.4 is 0 Å². The van der Waals surface area contributed by atoms with Gasteiger partial charge in [0.05, 0.1) is 12.1 Å². The first kappa shape index (κ1) is 14.9. The van der Waals surface area contributed by atoms with Gasteiger partial charge < -0.3 is 0 Å². The summed E-state index contributed by atoms with van der Waals surface area (Å²) in [5, 5.41) is 17.9. The highest BCUT2D eigenvalue weighted by molar-refractivity contribution is 5.23. The Morgan fingerprint density at radius 1 is 1.16 bits per heavy atom. The molecular formula is C12H9F4N3. The zero-order valence-electron chi connectivity index (χ0n) is 9.71. The average Bonchev–Trinajstić information content (AvgIpc) is 2.34. The van der Waals surface area contributed by atoms with Gasteiger partial charge in [0.1, 0.15) is 5.41 Å². The molecule has 1 aromatic rings. The quantitative estimate of drug-likeness (QED) is 0.624. The van der Waals surface area contributed by atoms with Crippen molar-refractivity contribution in [1.29, 1.82) is 10.5 Å². The molecule has 0 unspecified atom stereocenters. The van der Waals surface area contributed by atoms with Crippen molar-refractivity contribution in [1.82, 2.24) is 4.98 Å². The number of alkyl halides is 3. The van der Waals surface area contributed by atoms with Crippen LogP contribution in [0.1, 0.15) is 18.4 Å². The van der Waals surface area contributed by atoms with Crippen LogP contribution in [-0.2, 0) is 6.42 Å². The summed E-state index contributed by atoms with van der Waals surface area (Å²) in [6.07, 6.45) is -5.46. The molecule has 19 heavy (non-hydrogen) atoms. The number of rotatable bonds is 4. The molecule has 0 saturated carbocycles. The molecule has 1 aromatic heterocycles. The molecule has 0 saturated heterocycles. The van der Waals surface area contributed by atoms with Crippen LogP contribution in [0.3, 0.4) is 0 Å². The lowest BCUT2D eigenvalue weighted by Crippen LogP contribution is -2.23. The van der Waals surface area contributed by atoms with Crippen molar-refractivity contribution in [2.24, 2.45) is 5.41 Å². The van der Waals surface area contributed by atoms with Crippen LogP contribution >= 0.6 is 0 Å². The van der Waals surface area contributed by atoms with E-state index in [-0.39, 0.29) is 12.0 Å². The maximum Gasteiger partial charge on any atom is 0.389 e. The van der Waals surface area contributed by atoms with E-state index in [1.807, 2.05) is 0 Å². The second-order valence-corrected chi connectivity index (χ2v) is 4.08. The fraction of sp³-hybridized carbons (Fsp3) is 0.417. The Kier molecular flexibility index (Phi) is 4.44. The van der Waals surface area contributed by atoms with Gasteiger partial charge in [-0.2, -0.15) is 28.1 Å². The molecule has 0 aliphatic carbocycles. The summed E-state index contributed by atoms with van der Waals surface area (Å²) >= 11 is 0. The van der Waals surface area contributed by atoms with E-state index in [1.54, 1.807) is 12.1 Å². The van der Waals surface area contributed by atoms with Crippen molar-refractivity contribution in [3.8, 4) is 12.1 Å². The number of hydrogen-bond donors (Lipinski definition) is 0. The smallest absolute Gasteiger partial charge is 0.228 e. The SMILES string of the molecule is N#CC(C#N)(CCC(F)(F)F)Cc1ccnc(F)c1. The van der Waals surface area contributed by atoms with Crippen molar-refractivity contribution in [3.05, 3.63) is 29.8 Å². The highest BCUT2D eigenvalue weighted by atomic mass is 19.4. The van der Waals surface area contributed by atoms with Crippen LogP contribution in [0.4, 0.5) is 17.6 Å². The first-order chi connectivity index (χ1) is 8.80. The van der Waals surface area contributed by atoms with Gasteiger partial charge in [0, 0.05) is 19.0 Å². The molecule has 0 aliphatic rings. The zero-order valence-corrected chi connectivity index (χ0v) is 9.71. The lowest BCUT2D eigenvalue weighted by atomic mass is 9.80. The Balaban J connectivity index is 2.89. The largest absolute Gasteiger partial charge is 0.389 e. The highest BCUT2D eigenvalue weighted by Crippen LogP contribution is 2.33. The van der Waals surface area contributed by atoms with Gasteiger partial charge in [-0.3, -0.25) is 0 Å². The number of nitrogens with zero attached hydrogens (tertiary/aromatic N) is 3. The number of hydrogen-bond acceptors (Lipinski definition) is 3. The van der Waals surface area contributed by atoms with Crippen LogP contribution in [0.15, 0.2) is 18.3 Å². The van der Waals surface area contributed by atoms with Crippen molar-refractivity contribution >= 4 is 0 Å².